The van der Waals surface area contributed by atoms with Crippen LogP contribution in [-0.2, 0) is 10.8 Å². The van der Waals surface area contributed by atoms with Crippen LogP contribution in [0, 0.1) is 17.5 Å². The first-order chi connectivity index (χ1) is 6.73. The zero-order valence-corrected chi connectivity index (χ0v) is 12.7. The Morgan fingerprint density at radius 2 is 1.41 bits per heavy atom. The maximum Gasteiger partial charge on any atom is 1.00 e. The van der Waals surface area contributed by atoms with Crippen LogP contribution in [-0.4, -0.2) is 0 Å². The zero-order valence-electron chi connectivity index (χ0n) is 12.7. The third kappa shape index (κ3) is 1.99. The molecule has 17 heavy (non-hydrogen) atoms. The number of hydrogen-bond donors (Lipinski definition) is 0. The minimum absolute atomic E-state index is 0. The van der Waals surface area contributed by atoms with Crippen molar-refractivity contribution in [2.45, 2.75) is 52.4 Å². The molecule has 1 aliphatic carbocycles. The van der Waals surface area contributed by atoms with E-state index in [4.69, 9.17) is 0 Å². The molecule has 0 amide bonds. The van der Waals surface area contributed by atoms with E-state index >= 15 is 0 Å². The van der Waals surface area contributed by atoms with E-state index < -0.39 is 0 Å². The third-order valence-electron chi connectivity index (χ3n) is 5.22. The van der Waals surface area contributed by atoms with Crippen LogP contribution >= 0.6 is 0 Å². The summed E-state index contributed by atoms with van der Waals surface area (Å²) in [7, 11) is 0. The van der Waals surface area contributed by atoms with Crippen LogP contribution in [0.3, 0.4) is 0 Å². The molecule has 0 N–H and O–H groups in total. The van der Waals surface area contributed by atoms with Crippen molar-refractivity contribution in [1.29, 1.82) is 0 Å². The smallest absolute Gasteiger partial charge is 0.359 e. The molecule has 1 aromatic rings. The van der Waals surface area contributed by atoms with E-state index in [1.165, 1.54) is 11.1 Å². The molecule has 0 spiro atoms. The Labute approximate surface area is 130 Å². The SMILES string of the molecule is CC1(C)c2[c-]c[c-]cc2C(C)(C)C1(C)C.[Li+].[Li+]. The fraction of sp³-hybridized carbons (Fsp3) is 0.600. The van der Waals surface area contributed by atoms with Crippen LogP contribution in [0.2, 0.25) is 0 Å². The van der Waals surface area contributed by atoms with Crippen molar-refractivity contribution in [3.05, 3.63) is 35.4 Å². The molecule has 0 unspecified atom stereocenters. The van der Waals surface area contributed by atoms with E-state index in [0.717, 1.165) is 0 Å². The van der Waals surface area contributed by atoms with Crippen molar-refractivity contribution in [3.63, 3.8) is 0 Å². The predicted molar refractivity (Wildman–Crippen MR) is 63.9 cm³/mol. The summed E-state index contributed by atoms with van der Waals surface area (Å²) in [4.78, 5) is 0. The third-order valence-corrected chi connectivity index (χ3v) is 5.22. The molecular weight excluding hydrogens is 194 g/mol. The van der Waals surface area contributed by atoms with E-state index in [0.29, 0.717) is 0 Å². The van der Waals surface area contributed by atoms with Crippen LogP contribution in [0.15, 0.2) is 12.1 Å². The second kappa shape index (κ2) is 4.83. The minimum Gasteiger partial charge on any atom is -0.359 e. The van der Waals surface area contributed by atoms with Gasteiger partial charge < -0.3 is 18.2 Å². The number of benzene rings is 1. The van der Waals surface area contributed by atoms with E-state index in [9.17, 15) is 0 Å². The monoisotopic (exact) mass is 214 g/mol. The van der Waals surface area contributed by atoms with Gasteiger partial charge in [-0.15, -0.1) is 0 Å². The average Bonchev–Trinajstić information content (AvgIpc) is 2.26. The van der Waals surface area contributed by atoms with Gasteiger partial charge in [0.25, 0.3) is 0 Å². The molecule has 0 aromatic heterocycles. The molecule has 1 aliphatic rings. The van der Waals surface area contributed by atoms with Gasteiger partial charge in [-0.05, 0) is 10.8 Å². The van der Waals surface area contributed by atoms with Crippen molar-refractivity contribution in [2.24, 2.45) is 5.41 Å². The predicted octanol–water partition coefficient (Wildman–Crippen LogP) is -2.11. The standard InChI is InChI=1S/C15H20.2Li/c1-13(2)11-9-7-8-10-12(11)14(3,4)15(13,5)6;;/h7,10H,1-6H3;;/q-2;2*+1. The first-order valence-electron chi connectivity index (χ1n) is 5.65. The Morgan fingerprint density at radius 1 is 0.882 bits per heavy atom. The fourth-order valence-corrected chi connectivity index (χ4v) is 2.83. The van der Waals surface area contributed by atoms with Gasteiger partial charge in [-0.1, -0.05) is 47.0 Å². The Morgan fingerprint density at radius 3 is 1.88 bits per heavy atom. The van der Waals surface area contributed by atoms with Gasteiger partial charge in [0.05, 0.1) is 0 Å². The van der Waals surface area contributed by atoms with Gasteiger partial charge in [0.1, 0.15) is 0 Å². The topological polar surface area (TPSA) is 0 Å². The first kappa shape index (κ1) is 17.4. The van der Waals surface area contributed by atoms with Gasteiger partial charge in [-0.25, -0.2) is 0 Å². The van der Waals surface area contributed by atoms with Crippen LogP contribution in [0.25, 0.3) is 0 Å². The quantitative estimate of drug-likeness (QED) is 0.342. The second-order valence-electron chi connectivity index (χ2n) is 6.26. The van der Waals surface area contributed by atoms with Gasteiger partial charge in [0.15, 0.2) is 0 Å². The molecule has 0 saturated carbocycles. The molecule has 1 aromatic carbocycles. The molecule has 0 heterocycles. The van der Waals surface area contributed by atoms with Crippen molar-refractivity contribution in [1.82, 2.24) is 0 Å². The van der Waals surface area contributed by atoms with E-state index in [1.54, 1.807) is 0 Å². The summed E-state index contributed by atoms with van der Waals surface area (Å²) in [6.07, 6.45) is 0. The first-order valence-corrected chi connectivity index (χ1v) is 5.65. The Hall–Kier alpha value is 0.415. The van der Waals surface area contributed by atoms with Gasteiger partial charge in [-0.2, -0.15) is 0 Å². The normalized spacial score (nSPS) is 22.0. The molecule has 82 valence electrons. The van der Waals surface area contributed by atoms with E-state index in [-0.39, 0.29) is 54.0 Å². The Bertz CT molecular complexity index is 366. The summed E-state index contributed by atoms with van der Waals surface area (Å²) in [5.41, 5.74) is 3.41. The van der Waals surface area contributed by atoms with Crippen LogP contribution in [0.4, 0.5) is 0 Å². The van der Waals surface area contributed by atoms with Crippen molar-refractivity contribution in [3.8, 4) is 0 Å². The fourth-order valence-electron chi connectivity index (χ4n) is 2.83. The summed E-state index contributed by atoms with van der Waals surface area (Å²) in [6, 6.07) is 10.6. The molecule has 2 rings (SSSR count). The minimum atomic E-state index is 0. The van der Waals surface area contributed by atoms with E-state index in [1.807, 2.05) is 6.07 Å². The van der Waals surface area contributed by atoms with Crippen molar-refractivity contribution in [2.75, 3.05) is 0 Å². The van der Waals surface area contributed by atoms with Crippen LogP contribution in [0.1, 0.15) is 52.7 Å². The molecule has 0 aliphatic heterocycles. The molecule has 0 radical (unpaired) electrons. The van der Waals surface area contributed by atoms with Crippen LogP contribution < -0.4 is 37.7 Å². The molecule has 0 atom stereocenters. The molecule has 0 saturated heterocycles. The van der Waals surface area contributed by atoms with Gasteiger partial charge in [-0.3, -0.25) is 17.2 Å². The summed E-state index contributed by atoms with van der Waals surface area (Å²) in [5.74, 6) is 0. The molecule has 0 fully saturated rings. The molecule has 0 nitrogen and oxygen atoms in total. The molecule has 0 bridgehead atoms. The summed E-state index contributed by atoms with van der Waals surface area (Å²) in [6.45, 7) is 14.1. The zero-order chi connectivity index (χ0) is 11.5. The molecule has 2 heteroatoms. The largest absolute Gasteiger partial charge is 1.00 e. The van der Waals surface area contributed by atoms with E-state index in [2.05, 4.69) is 59.7 Å². The van der Waals surface area contributed by atoms with Crippen LogP contribution in [0.5, 0.6) is 0 Å². The summed E-state index contributed by atoms with van der Waals surface area (Å²) in [5, 5.41) is 0. The van der Waals surface area contributed by atoms with Crippen molar-refractivity contribution < 1.29 is 37.7 Å². The summed E-state index contributed by atoms with van der Waals surface area (Å²) < 4.78 is 0. The maximum absolute atomic E-state index is 3.39. The maximum atomic E-state index is 3.39. The molecular formula is C15H20Li2. The number of rotatable bonds is 0. The number of fused-ring (bicyclic) bond motifs is 1. The summed E-state index contributed by atoms with van der Waals surface area (Å²) >= 11 is 0. The number of hydrogen-bond acceptors (Lipinski definition) is 0. The second-order valence-corrected chi connectivity index (χ2v) is 6.26. The van der Waals surface area contributed by atoms with Gasteiger partial charge in [0, 0.05) is 0 Å². The Balaban J connectivity index is 0.00000128. The van der Waals surface area contributed by atoms with Crippen molar-refractivity contribution >= 4 is 0 Å². The van der Waals surface area contributed by atoms with Gasteiger partial charge in [0.2, 0.25) is 0 Å². The Kier molecular flexibility index (Phi) is 4.95. The average molecular weight is 214 g/mol. The van der Waals surface area contributed by atoms with Gasteiger partial charge >= 0.3 is 37.7 Å².